The number of rotatable bonds is 0. The zero-order chi connectivity index (χ0) is 19.0. The first-order chi connectivity index (χ1) is 12.8. The number of pyridine rings is 2. The number of fused-ring (bicyclic) bond motifs is 3. The Kier molecular flexibility index (Phi) is 3.14. The van der Waals surface area contributed by atoms with Crippen LogP contribution in [0.15, 0.2) is 54.7 Å². The van der Waals surface area contributed by atoms with Crippen LogP contribution in [0.4, 0.5) is 0 Å². The predicted molar refractivity (Wildman–Crippen MR) is 113 cm³/mol. The Balaban J connectivity index is 1.96. The standard InChI is InChI=1S/C25H24N2/c1-24(2,3)21-14-19-22-20(27-21)10-11-26-23(22)17-12-15-8-6-7-9-16(15)13-18(17)25(19,4)5/h6-14H,1-5H3. The van der Waals surface area contributed by atoms with Crippen molar-refractivity contribution in [1.82, 2.24) is 9.97 Å². The Morgan fingerprint density at radius 2 is 1.56 bits per heavy atom. The molecule has 0 bridgehead atoms. The minimum absolute atomic E-state index is 0.00780. The molecule has 2 heterocycles. The molecule has 5 rings (SSSR count). The third-order valence-corrected chi connectivity index (χ3v) is 5.98. The van der Waals surface area contributed by atoms with Crippen LogP contribution in [-0.2, 0) is 10.8 Å². The molecule has 1 aliphatic carbocycles. The summed E-state index contributed by atoms with van der Waals surface area (Å²) in [4.78, 5) is 9.81. The van der Waals surface area contributed by atoms with Crippen LogP contribution in [0.1, 0.15) is 51.4 Å². The van der Waals surface area contributed by atoms with Crippen molar-refractivity contribution in [3.63, 3.8) is 0 Å². The van der Waals surface area contributed by atoms with E-state index in [1.54, 1.807) is 0 Å². The molecule has 2 heteroatoms. The molecule has 0 saturated carbocycles. The molecule has 2 nitrogen and oxygen atoms in total. The van der Waals surface area contributed by atoms with Gasteiger partial charge in [-0.1, -0.05) is 58.9 Å². The smallest absolute Gasteiger partial charge is 0.0802 e. The van der Waals surface area contributed by atoms with Crippen molar-refractivity contribution in [2.45, 2.75) is 45.4 Å². The van der Waals surface area contributed by atoms with Gasteiger partial charge in [0.15, 0.2) is 0 Å². The van der Waals surface area contributed by atoms with Gasteiger partial charge in [-0.05, 0) is 46.2 Å². The molecule has 0 aliphatic heterocycles. The van der Waals surface area contributed by atoms with Gasteiger partial charge in [0.25, 0.3) is 0 Å². The minimum atomic E-state index is -0.101. The molecule has 0 spiro atoms. The summed E-state index contributed by atoms with van der Waals surface area (Å²) in [5.41, 5.74) is 7.08. The van der Waals surface area contributed by atoms with Gasteiger partial charge in [-0.15, -0.1) is 0 Å². The van der Waals surface area contributed by atoms with Gasteiger partial charge in [0.2, 0.25) is 0 Å². The summed E-state index contributed by atoms with van der Waals surface area (Å²) in [5, 5.41) is 3.75. The first-order valence-corrected chi connectivity index (χ1v) is 9.61. The van der Waals surface area contributed by atoms with E-state index in [1.165, 1.54) is 32.8 Å². The second-order valence-corrected chi connectivity index (χ2v) is 9.23. The second kappa shape index (κ2) is 5.16. The SMILES string of the molecule is CC(C)(C)c1cc2c3c(nccc3n1)-c1cc3ccccc3cc1C2(C)C. The summed E-state index contributed by atoms with van der Waals surface area (Å²) in [5.74, 6) is 0. The fourth-order valence-electron chi connectivity index (χ4n) is 4.36. The van der Waals surface area contributed by atoms with E-state index < -0.39 is 0 Å². The molecule has 27 heavy (non-hydrogen) atoms. The first-order valence-electron chi connectivity index (χ1n) is 9.61. The average Bonchev–Trinajstić information content (AvgIpc) is 2.64. The highest BCUT2D eigenvalue weighted by atomic mass is 14.8. The van der Waals surface area contributed by atoms with Crippen molar-refractivity contribution in [3.8, 4) is 11.3 Å². The highest BCUT2D eigenvalue weighted by Gasteiger charge is 2.36. The third-order valence-electron chi connectivity index (χ3n) is 5.98. The quantitative estimate of drug-likeness (QED) is 0.366. The van der Waals surface area contributed by atoms with Crippen molar-refractivity contribution in [1.29, 1.82) is 0 Å². The molecule has 0 radical (unpaired) electrons. The summed E-state index contributed by atoms with van der Waals surface area (Å²) in [6.45, 7) is 11.4. The van der Waals surface area contributed by atoms with E-state index in [4.69, 9.17) is 9.97 Å². The van der Waals surface area contributed by atoms with Gasteiger partial charge in [0, 0.05) is 33.7 Å². The van der Waals surface area contributed by atoms with E-state index in [1.807, 2.05) is 6.20 Å². The Labute approximate surface area is 160 Å². The van der Waals surface area contributed by atoms with Crippen molar-refractivity contribution < 1.29 is 0 Å². The molecule has 4 aromatic rings. The predicted octanol–water partition coefficient (Wildman–Crippen LogP) is 6.39. The van der Waals surface area contributed by atoms with Crippen LogP contribution >= 0.6 is 0 Å². The molecule has 0 atom stereocenters. The molecule has 0 saturated heterocycles. The van der Waals surface area contributed by atoms with Crippen LogP contribution in [0.5, 0.6) is 0 Å². The van der Waals surface area contributed by atoms with Gasteiger partial charge < -0.3 is 0 Å². The van der Waals surface area contributed by atoms with Gasteiger partial charge in [-0.3, -0.25) is 9.97 Å². The molecule has 134 valence electrons. The lowest BCUT2D eigenvalue weighted by Gasteiger charge is -2.35. The molecule has 2 aromatic carbocycles. The summed E-state index contributed by atoms with van der Waals surface area (Å²) in [7, 11) is 0. The van der Waals surface area contributed by atoms with E-state index in [2.05, 4.69) is 83.1 Å². The van der Waals surface area contributed by atoms with Gasteiger partial charge in [-0.25, -0.2) is 0 Å². The molecule has 0 N–H and O–H groups in total. The summed E-state index contributed by atoms with van der Waals surface area (Å²) in [6, 6.07) is 17.6. The van der Waals surface area contributed by atoms with E-state index in [0.717, 1.165) is 16.9 Å². The number of benzene rings is 2. The maximum Gasteiger partial charge on any atom is 0.0802 e. The monoisotopic (exact) mass is 352 g/mol. The van der Waals surface area contributed by atoms with Gasteiger partial charge in [0.1, 0.15) is 0 Å². The molecular formula is C25H24N2. The lowest BCUT2D eigenvalue weighted by atomic mass is 9.69. The van der Waals surface area contributed by atoms with E-state index in [0.29, 0.717) is 0 Å². The first kappa shape index (κ1) is 16.4. The van der Waals surface area contributed by atoms with E-state index >= 15 is 0 Å². The van der Waals surface area contributed by atoms with Crippen LogP contribution in [0, 0.1) is 0 Å². The third kappa shape index (κ3) is 2.26. The van der Waals surface area contributed by atoms with Crippen molar-refractivity contribution in [2.75, 3.05) is 0 Å². The van der Waals surface area contributed by atoms with Gasteiger partial charge in [-0.2, -0.15) is 0 Å². The molecule has 1 aliphatic rings. The Bertz CT molecular complexity index is 1230. The molecule has 0 fully saturated rings. The van der Waals surface area contributed by atoms with E-state index in [-0.39, 0.29) is 10.8 Å². The van der Waals surface area contributed by atoms with Crippen LogP contribution in [0.2, 0.25) is 0 Å². The minimum Gasteiger partial charge on any atom is -0.255 e. The topological polar surface area (TPSA) is 25.8 Å². The molecular weight excluding hydrogens is 328 g/mol. The molecule has 0 amide bonds. The highest BCUT2D eigenvalue weighted by Crippen LogP contribution is 2.49. The van der Waals surface area contributed by atoms with Crippen molar-refractivity contribution in [2.24, 2.45) is 0 Å². The van der Waals surface area contributed by atoms with E-state index in [9.17, 15) is 0 Å². The zero-order valence-corrected chi connectivity index (χ0v) is 16.6. The Hall–Kier alpha value is -2.74. The fourth-order valence-corrected chi connectivity index (χ4v) is 4.36. The van der Waals surface area contributed by atoms with Gasteiger partial charge in [0.05, 0.1) is 11.2 Å². The van der Waals surface area contributed by atoms with Crippen molar-refractivity contribution in [3.05, 3.63) is 71.5 Å². The molecule has 0 unspecified atom stereocenters. The van der Waals surface area contributed by atoms with Crippen LogP contribution in [0.3, 0.4) is 0 Å². The van der Waals surface area contributed by atoms with Gasteiger partial charge >= 0.3 is 0 Å². The maximum absolute atomic E-state index is 5.01. The summed E-state index contributed by atoms with van der Waals surface area (Å²) >= 11 is 0. The van der Waals surface area contributed by atoms with Crippen LogP contribution < -0.4 is 0 Å². The highest BCUT2D eigenvalue weighted by molar-refractivity contribution is 6.02. The van der Waals surface area contributed by atoms with Crippen LogP contribution in [0.25, 0.3) is 32.9 Å². The lowest BCUT2D eigenvalue weighted by Crippen LogP contribution is -2.26. The Morgan fingerprint density at radius 3 is 2.26 bits per heavy atom. The summed E-state index contributed by atoms with van der Waals surface area (Å²) < 4.78 is 0. The largest absolute Gasteiger partial charge is 0.255 e. The lowest BCUT2D eigenvalue weighted by molar-refractivity contribution is 0.564. The fraction of sp³-hybridized carbons (Fsp3) is 0.280. The second-order valence-electron chi connectivity index (χ2n) is 9.23. The number of hydrogen-bond acceptors (Lipinski definition) is 2. The van der Waals surface area contributed by atoms with Crippen LogP contribution in [-0.4, -0.2) is 9.97 Å². The number of nitrogens with zero attached hydrogens (tertiary/aromatic N) is 2. The zero-order valence-electron chi connectivity index (χ0n) is 16.6. The maximum atomic E-state index is 5.01. The normalized spacial score (nSPS) is 15.1. The summed E-state index contributed by atoms with van der Waals surface area (Å²) in [6.07, 6.45) is 1.90. The Morgan fingerprint density at radius 1 is 0.852 bits per heavy atom. The molecule has 2 aromatic heterocycles. The average molecular weight is 352 g/mol. The number of hydrogen-bond donors (Lipinski definition) is 0. The van der Waals surface area contributed by atoms with Crippen molar-refractivity contribution >= 4 is 21.7 Å². The number of aromatic nitrogens is 2.